The Morgan fingerprint density at radius 1 is 1.47 bits per heavy atom. The van der Waals surface area contributed by atoms with Gasteiger partial charge >= 0.3 is 5.82 Å². The molecular weight excluding hydrogens is 250 g/mol. The van der Waals surface area contributed by atoms with Gasteiger partial charge in [-0.15, -0.1) is 0 Å². The number of anilines is 1. The molecule has 8 heteroatoms. The van der Waals surface area contributed by atoms with E-state index in [1.807, 2.05) is 19.0 Å². The summed E-state index contributed by atoms with van der Waals surface area (Å²) in [4.78, 5) is 16.3. The number of aryl methyl sites for hydroxylation is 1. The summed E-state index contributed by atoms with van der Waals surface area (Å²) in [5, 5.41) is 13.8. The number of likely N-dealkylation sites (N-methyl/N-ethyl adjacent to an activating group) is 1. The van der Waals surface area contributed by atoms with E-state index in [1.54, 1.807) is 18.5 Å². The summed E-state index contributed by atoms with van der Waals surface area (Å²) >= 11 is 0. The number of ether oxygens (including phenoxy) is 1. The topological polar surface area (TPSA) is 85.5 Å². The van der Waals surface area contributed by atoms with Gasteiger partial charge in [-0.25, -0.2) is 0 Å². The first-order valence-corrected chi connectivity index (χ1v) is 6.07. The van der Waals surface area contributed by atoms with Crippen LogP contribution in [0.25, 0.3) is 0 Å². The summed E-state index contributed by atoms with van der Waals surface area (Å²) in [6.07, 6.45) is 0. The van der Waals surface area contributed by atoms with Gasteiger partial charge in [-0.1, -0.05) is 0 Å². The first kappa shape index (κ1) is 15.4. The van der Waals surface area contributed by atoms with Crippen molar-refractivity contribution < 1.29 is 9.66 Å². The highest BCUT2D eigenvalue weighted by atomic mass is 16.6. The molecule has 1 heterocycles. The average molecular weight is 271 g/mol. The van der Waals surface area contributed by atoms with Crippen LogP contribution in [0.4, 0.5) is 11.6 Å². The summed E-state index contributed by atoms with van der Waals surface area (Å²) in [5.74, 6) is 0.870. The van der Waals surface area contributed by atoms with Crippen molar-refractivity contribution in [3.8, 4) is 0 Å². The number of nitro groups is 1. The summed E-state index contributed by atoms with van der Waals surface area (Å²) < 4.78 is 7.07. The Hall–Kier alpha value is -1.67. The average Bonchev–Trinajstić information content (AvgIpc) is 2.61. The quantitative estimate of drug-likeness (QED) is 0.424. The van der Waals surface area contributed by atoms with Gasteiger partial charge in [-0.3, -0.25) is 4.57 Å². The van der Waals surface area contributed by atoms with Crippen molar-refractivity contribution in [2.24, 2.45) is 7.05 Å². The molecule has 0 atom stereocenters. The lowest BCUT2D eigenvalue weighted by Crippen LogP contribution is -2.20. The van der Waals surface area contributed by atoms with E-state index in [4.69, 9.17) is 4.74 Å². The second-order valence-electron chi connectivity index (χ2n) is 4.49. The maximum atomic E-state index is 10.9. The molecule has 0 bridgehead atoms. The number of aromatic nitrogens is 2. The lowest BCUT2D eigenvalue weighted by Gasteiger charge is -2.10. The fourth-order valence-corrected chi connectivity index (χ4v) is 1.51. The molecule has 0 spiro atoms. The van der Waals surface area contributed by atoms with Crippen LogP contribution in [0, 0.1) is 17.0 Å². The van der Waals surface area contributed by atoms with Crippen molar-refractivity contribution in [2.75, 3.05) is 45.7 Å². The number of imidazole rings is 1. The Bertz CT molecular complexity index is 430. The second-order valence-corrected chi connectivity index (χ2v) is 4.49. The number of hydrogen-bond donors (Lipinski definition) is 1. The predicted molar refractivity (Wildman–Crippen MR) is 72.5 cm³/mol. The lowest BCUT2D eigenvalue weighted by atomic mass is 10.5. The molecule has 0 fully saturated rings. The molecule has 1 aromatic heterocycles. The van der Waals surface area contributed by atoms with Gasteiger partial charge in [0.1, 0.15) is 0 Å². The molecule has 19 heavy (non-hydrogen) atoms. The molecular formula is C11H21N5O3. The summed E-state index contributed by atoms with van der Waals surface area (Å²) in [7, 11) is 5.69. The van der Waals surface area contributed by atoms with Crippen LogP contribution in [0.1, 0.15) is 5.82 Å². The lowest BCUT2D eigenvalue weighted by molar-refractivity contribution is -0.388. The van der Waals surface area contributed by atoms with E-state index in [0.29, 0.717) is 31.4 Å². The zero-order chi connectivity index (χ0) is 14.4. The van der Waals surface area contributed by atoms with E-state index in [9.17, 15) is 10.1 Å². The number of nitrogens with one attached hydrogen (secondary N) is 1. The second kappa shape index (κ2) is 7.05. The fourth-order valence-electron chi connectivity index (χ4n) is 1.51. The summed E-state index contributed by atoms with van der Waals surface area (Å²) in [6.45, 7) is 4.22. The summed E-state index contributed by atoms with van der Waals surface area (Å²) in [6, 6.07) is 0. The van der Waals surface area contributed by atoms with Crippen LogP contribution in [0.3, 0.4) is 0 Å². The first-order chi connectivity index (χ1) is 8.93. The Balaban J connectivity index is 2.43. The molecule has 1 N–H and O–H groups in total. The highest BCUT2D eigenvalue weighted by Crippen LogP contribution is 2.23. The molecule has 1 aromatic rings. The van der Waals surface area contributed by atoms with Crippen LogP contribution in [-0.2, 0) is 11.8 Å². The standard InChI is InChI=1S/C11H21N5O3/c1-9-13-11(16(17)18)10(15(9)4)12-5-7-19-8-6-14(2)3/h12H,5-8H2,1-4H3. The smallest absolute Gasteiger partial charge is 0.378 e. The predicted octanol–water partition coefficient (Wildman–Crippen LogP) is 0.627. The third kappa shape index (κ3) is 4.49. The minimum Gasteiger partial charge on any atom is -0.378 e. The van der Waals surface area contributed by atoms with Gasteiger partial charge in [0, 0.05) is 27.1 Å². The molecule has 0 aromatic carbocycles. The van der Waals surface area contributed by atoms with Gasteiger partial charge in [0.15, 0.2) is 0 Å². The van der Waals surface area contributed by atoms with Crippen molar-refractivity contribution in [3.63, 3.8) is 0 Å². The highest BCUT2D eigenvalue weighted by molar-refractivity contribution is 5.53. The normalized spacial score (nSPS) is 11.0. The van der Waals surface area contributed by atoms with Crippen molar-refractivity contribution in [1.29, 1.82) is 0 Å². The van der Waals surface area contributed by atoms with Gasteiger partial charge in [0.25, 0.3) is 0 Å². The monoisotopic (exact) mass is 271 g/mol. The molecule has 0 aliphatic rings. The molecule has 0 aliphatic carbocycles. The van der Waals surface area contributed by atoms with E-state index in [2.05, 4.69) is 10.3 Å². The molecule has 0 saturated carbocycles. The van der Waals surface area contributed by atoms with Crippen LogP contribution < -0.4 is 5.32 Å². The molecule has 0 amide bonds. The highest BCUT2D eigenvalue weighted by Gasteiger charge is 2.22. The SMILES string of the molecule is Cc1nc([N+](=O)[O-])c(NCCOCCN(C)C)n1C. The van der Waals surface area contributed by atoms with E-state index in [-0.39, 0.29) is 5.82 Å². The Morgan fingerprint density at radius 3 is 2.74 bits per heavy atom. The van der Waals surface area contributed by atoms with E-state index in [1.165, 1.54) is 0 Å². The fraction of sp³-hybridized carbons (Fsp3) is 0.727. The van der Waals surface area contributed by atoms with Crippen LogP contribution in [0.2, 0.25) is 0 Å². The van der Waals surface area contributed by atoms with Crippen molar-refractivity contribution in [2.45, 2.75) is 6.92 Å². The van der Waals surface area contributed by atoms with Gasteiger partial charge in [0.2, 0.25) is 11.6 Å². The molecule has 8 nitrogen and oxygen atoms in total. The van der Waals surface area contributed by atoms with Gasteiger partial charge < -0.3 is 25.1 Å². The zero-order valence-electron chi connectivity index (χ0n) is 11.8. The molecule has 0 aliphatic heterocycles. The minimum atomic E-state index is -0.484. The van der Waals surface area contributed by atoms with E-state index < -0.39 is 4.92 Å². The maximum absolute atomic E-state index is 10.9. The Morgan fingerprint density at radius 2 is 2.16 bits per heavy atom. The third-order valence-electron chi connectivity index (χ3n) is 2.69. The number of hydrogen-bond acceptors (Lipinski definition) is 6. The zero-order valence-corrected chi connectivity index (χ0v) is 11.8. The van der Waals surface area contributed by atoms with Gasteiger partial charge in [-0.2, -0.15) is 0 Å². The Labute approximate surface area is 112 Å². The van der Waals surface area contributed by atoms with Gasteiger partial charge in [0.05, 0.1) is 13.2 Å². The molecule has 0 saturated heterocycles. The van der Waals surface area contributed by atoms with Crippen LogP contribution in [-0.4, -0.2) is 59.8 Å². The van der Waals surface area contributed by atoms with E-state index >= 15 is 0 Å². The molecule has 0 radical (unpaired) electrons. The van der Waals surface area contributed by atoms with Gasteiger partial charge in [-0.05, 0) is 24.0 Å². The molecule has 1 rings (SSSR count). The van der Waals surface area contributed by atoms with Crippen LogP contribution in [0.15, 0.2) is 0 Å². The molecule has 108 valence electrons. The van der Waals surface area contributed by atoms with Crippen LogP contribution >= 0.6 is 0 Å². The molecule has 0 unspecified atom stereocenters. The maximum Gasteiger partial charge on any atom is 0.406 e. The van der Waals surface area contributed by atoms with Crippen LogP contribution in [0.5, 0.6) is 0 Å². The third-order valence-corrected chi connectivity index (χ3v) is 2.69. The number of nitrogens with zero attached hydrogens (tertiary/aromatic N) is 4. The van der Waals surface area contributed by atoms with Crippen molar-refractivity contribution >= 4 is 11.6 Å². The van der Waals surface area contributed by atoms with E-state index in [0.717, 1.165) is 6.54 Å². The minimum absolute atomic E-state index is 0.145. The number of rotatable bonds is 8. The first-order valence-electron chi connectivity index (χ1n) is 6.07. The summed E-state index contributed by atoms with van der Waals surface area (Å²) in [5.41, 5.74) is 0. The Kier molecular flexibility index (Phi) is 5.71. The van der Waals surface area contributed by atoms with Crippen molar-refractivity contribution in [1.82, 2.24) is 14.5 Å². The largest absolute Gasteiger partial charge is 0.406 e. The van der Waals surface area contributed by atoms with Crippen molar-refractivity contribution in [3.05, 3.63) is 15.9 Å².